The minimum Gasteiger partial charge on any atom is -0.462 e. The molecule has 0 heterocycles. The number of ether oxygens (including phenoxy) is 1. The van der Waals surface area contributed by atoms with Crippen LogP contribution in [0.1, 0.15) is 181 Å². The lowest BCUT2D eigenvalue weighted by Gasteiger charge is -2.18. The molecule has 274 valence electrons. The summed E-state index contributed by atoms with van der Waals surface area (Å²) in [5, 5.41) is 9.08. The van der Waals surface area contributed by atoms with Crippen molar-refractivity contribution in [3.05, 3.63) is 24.3 Å². The van der Waals surface area contributed by atoms with Crippen molar-refractivity contribution in [3.8, 4) is 0 Å². The third-order valence-electron chi connectivity index (χ3n) is 8.58. The van der Waals surface area contributed by atoms with Crippen LogP contribution in [0.25, 0.3) is 0 Å². The van der Waals surface area contributed by atoms with E-state index in [-0.39, 0.29) is 23.9 Å². The summed E-state index contributed by atoms with van der Waals surface area (Å²) >= 11 is 0. The van der Waals surface area contributed by atoms with Gasteiger partial charge in [0, 0.05) is 32.4 Å². The summed E-state index contributed by atoms with van der Waals surface area (Å²) in [5.41, 5.74) is 0. The first-order valence-electron chi connectivity index (χ1n) is 19.7. The van der Waals surface area contributed by atoms with Gasteiger partial charge in [0.15, 0.2) is 0 Å². The summed E-state index contributed by atoms with van der Waals surface area (Å²) < 4.78 is 5.89. The normalized spacial score (nSPS) is 11.6. The van der Waals surface area contributed by atoms with Crippen LogP contribution in [-0.2, 0) is 19.1 Å². The van der Waals surface area contributed by atoms with Crippen molar-refractivity contribution in [2.45, 2.75) is 187 Å². The Kier molecular flexibility index (Phi) is 35.0. The van der Waals surface area contributed by atoms with Gasteiger partial charge in [0.2, 0.25) is 11.8 Å². The maximum absolute atomic E-state index is 12.4. The topological polar surface area (TPSA) is 96.5 Å². The van der Waals surface area contributed by atoms with E-state index in [0.717, 1.165) is 103 Å². The largest absolute Gasteiger partial charge is 0.462 e. The van der Waals surface area contributed by atoms with Gasteiger partial charge in [-0.1, -0.05) is 115 Å². The van der Waals surface area contributed by atoms with Crippen molar-refractivity contribution >= 4 is 17.8 Å². The van der Waals surface area contributed by atoms with Crippen LogP contribution in [0, 0.1) is 0 Å². The first kappa shape index (κ1) is 44.9. The summed E-state index contributed by atoms with van der Waals surface area (Å²) in [5.74, 6) is 0.204. The molecule has 0 aliphatic carbocycles. The Labute approximate surface area is 290 Å². The van der Waals surface area contributed by atoms with Crippen molar-refractivity contribution in [2.75, 3.05) is 26.7 Å². The molecule has 0 aliphatic heterocycles. The van der Waals surface area contributed by atoms with Crippen LogP contribution in [0.15, 0.2) is 24.3 Å². The first-order valence-corrected chi connectivity index (χ1v) is 19.7. The maximum Gasteiger partial charge on any atom is 0.306 e. The number of allylic oxidation sites excluding steroid dienone is 2. The molecular formula is C40H75N3O4. The van der Waals surface area contributed by atoms with Crippen LogP contribution >= 0.6 is 0 Å². The molecule has 0 saturated carbocycles. The van der Waals surface area contributed by atoms with E-state index in [9.17, 15) is 14.4 Å². The predicted octanol–water partition coefficient (Wildman–Crippen LogP) is 9.64. The summed E-state index contributed by atoms with van der Waals surface area (Å²) in [4.78, 5) is 36.6. The molecule has 0 radical (unpaired) electrons. The molecular weight excluding hydrogens is 586 g/mol. The SMILES string of the molecule is CCCCCC/C=C\CNC(=O)CCCCCCCC(CCCCCCCC(=O)NC/C=C\CCCCCC)OC(=O)CCCNC. The molecule has 0 atom stereocenters. The first-order chi connectivity index (χ1) is 23.0. The maximum atomic E-state index is 12.4. The highest BCUT2D eigenvalue weighted by atomic mass is 16.5. The molecule has 0 unspecified atom stereocenters. The number of unbranched alkanes of at least 4 members (excludes halogenated alkanes) is 16. The van der Waals surface area contributed by atoms with Crippen molar-refractivity contribution in [1.82, 2.24) is 16.0 Å². The van der Waals surface area contributed by atoms with Crippen molar-refractivity contribution < 1.29 is 19.1 Å². The van der Waals surface area contributed by atoms with Crippen LogP contribution in [0.4, 0.5) is 0 Å². The van der Waals surface area contributed by atoms with E-state index < -0.39 is 0 Å². The lowest BCUT2D eigenvalue weighted by Crippen LogP contribution is -2.22. The van der Waals surface area contributed by atoms with Gasteiger partial charge in [-0.05, 0) is 84.2 Å². The Hall–Kier alpha value is -2.15. The number of amides is 2. The predicted molar refractivity (Wildman–Crippen MR) is 199 cm³/mol. The molecule has 47 heavy (non-hydrogen) atoms. The van der Waals surface area contributed by atoms with Gasteiger partial charge in [-0.25, -0.2) is 0 Å². The molecule has 2 amide bonds. The number of carbonyl (C=O) groups is 3. The highest BCUT2D eigenvalue weighted by Gasteiger charge is 2.14. The van der Waals surface area contributed by atoms with E-state index in [1.54, 1.807) is 0 Å². The number of nitrogens with one attached hydrogen (secondary N) is 3. The highest BCUT2D eigenvalue weighted by Crippen LogP contribution is 2.18. The third kappa shape index (κ3) is 35.0. The molecule has 7 heteroatoms. The third-order valence-corrected chi connectivity index (χ3v) is 8.58. The van der Waals surface area contributed by atoms with Gasteiger partial charge in [0.05, 0.1) is 0 Å². The van der Waals surface area contributed by atoms with E-state index in [0.29, 0.717) is 32.4 Å². The second-order valence-corrected chi connectivity index (χ2v) is 13.2. The fraction of sp³-hybridized carbons (Fsp3) is 0.825. The quantitative estimate of drug-likeness (QED) is 0.0357. The molecule has 0 aromatic rings. The Balaban J connectivity index is 4.04. The monoisotopic (exact) mass is 662 g/mol. The van der Waals surface area contributed by atoms with Gasteiger partial charge in [0.25, 0.3) is 0 Å². The van der Waals surface area contributed by atoms with E-state index in [1.165, 1.54) is 51.4 Å². The Morgan fingerprint density at radius 2 is 0.979 bits per heavy atom. The lowest BCUT2D eigenvalue weighted by atomic mass is 10.0. The molecule has 0 spiro atoms. The summed E-state index contributed by atoms with van der Waals surface area (Å²) in [7, 11) is 1.90. The lowest BCUT2D eigenvalue weighted by molar-refractivity contribution is -0.150. The van der Waals surface area contributed by atoms with Crippen LogP contribution in [0.3, 0.4) is 0 Å². The van der Waals surface area contributed by atoms with E-state index in [1.807, 2.05) is 7.05 Å². The fourth-order valence-corrected chi connectivity index (χ4v) is 5.59. The molecule has 0 aromatic heterocycles. The van der Waals surface area contributed by atoms with Crippen LogP contribution in [0.5, 0.6) is 0 Å². The number of rotatable bonds is 35. The average Bonchev–Trinajstić information content (AvgIpc) is 3.06. The van der Waals surface area contributed by atoms with Crippen LogP contribution < -0.4 is 16.0 Å². The highest BCUT2D eigenvalue weighted by molar-refractivity contribution is 5.76. The van der Waals surface area contributed by atoms with Crippen molar-refractivity contribution in [3.63, 3.8) is 0 Å². The molecule has 0 aliphatic rings. The van der Waals surface area contributed by atoms with Gasteiger partial charge in [-0.2, -0.15) is 0 Å². The summed E-state index contributed by atoms with van der Waals surface area (Å²) in [6, 6.07) is 0. The number of hydrogen-bond acceptors (Lipinski definition) is 5. The van der Waals surface area contributed by atoms with E-state index in [2.05, 4.69) is 54.1 Å². The second kappa shape index (κ2) is 36.7. The molecule has 0 aromatic carbocycles. The number of carbonyl (C=O) groups excluding carboxylic acids is 3. The zero-order valence-corrected chi connectivity index (χ0v) is 31.0. The number of esters is 1. The van der Waals surface area contributed by atoms with Crippen LogP contribution in [0.2, 0.25) is 0 Å². The Morgan fingerprint density at radius 3 is 1.45 bits per heavy atom. The summed E-state index contributed by atoms with van der Waals surface area (Å²) in [6.07, 6.45) is 35.7. The van der Waals surface area contributed by atoms with Gasteiger partial charge in [-0.3, -0.25) is 14.4 Å². The van der Waals surface area contributed by atoms with Gasteiger partial charge in [-0.15, -0.1) is 0 Å². The Bertz CT molecular complexity index is 731. The zero-order chi connectivity index (χ0) is 34.5. The fourth-order valence-electron chi connectivity index (χ4n) is 5.59. The average molecular weight is 662 g/mol. The van der Waals surface area contributed by atoms with Crippen LogP contribution in [-0.4, -0.2) is 50.6 Å². The molecule has 0 rings (SSSR count). The van der Waals surface area contributed by atoms with Gasteiger partial charge >= 0.3 is 5.97 Å². The molecule has 0 fully saturated rings. The molecule has 7 nitrogen and oxygen atoms in total. The molecule has 0 saturated heterocycles. The number of hydrogen-bond donors (Lipinski definition) is 3. The van der Waals surface area contributed by atoms with Gasteiger partial charge in [0.1, 0.15) is 6.10 Å². The van der Waals surface area contributed by atoms with Crippen molar-refractivity contribution in [2.24, 2.45) is 0 Å². The minimum absolute atomic E-state index is 0.00644. The standard InChI is InChI=1S/C40H75N3O4/c1-4-6-8-10-12-20-26-35-42-38(44)31-24-18-14-16-22-29-37(47-40(46)33-28-34-41-3)30-23-17-15-19-25-32-39(45)43-36-27-21-13-11-9-7-5-2/h20-21,26-27,37,41H,4-19,22-25,28-36H2,1-3H3,(H,42,44)(H,43,45)/b26-20-,27-21-. The zero-order valence-electron chi connectivity index (χ0n) is 31.0. The smallest absolute Gasteiger partial charge is 0.306 e. The second-order valence-electron chi connectivity index (χ2n) is 13.2. The van der Waals surface area contributed by atoms with E-state index >= 15 is 0 Å². The minimum atomic E-state index is -0.0834. The van der Waals surface area contributed by atoms with E-state index in [4.69, 9.17) is 4.74 Å². The van der Waals surface area contributed by atoms with Crippen molar-refractivity contribution in [1.29, 1.82) is 0 Å². The van der Waals surface area contributed by atoms with Gasteiger partial charge < -0.3 is 20.7 Å². The Morgan fingerprint density at radius 1 is 0.532 bits per heavy atom. The molecule has 3 N–H and O–H groups in total. The molecule has 0 bridgehead atoms. The summed E-state index contributed by atoms with van der Waals surface area (Å²) in [6.45, 7) is 6.54.